The molecule has 3 rings (SSSR count). The van der Waals surface area contributed by atoms with Gasteiger partial charge in [0.15, 0.2) is 11.0 Å². The van der Waals surface area contributed by atoms with Crippen molar-refractivity contribution >= 4 is 34.7 Å². The van der Waals surface area contributed by atoms with Gasteiger partial charge >= 0.3 is 0 Å². The van der Waals surface area contributed by atoms with Crippen molar-refractivity contribution in [1.29, 1.82) is 0 Å². The minimum atomic E-state index is -0.112. The predicted molar refractivity (Wildman–Crippen MR) is 115 cm³/mol. The molecule has 0 bridgehead atoms. The van der Waals surface area contributed by atoms with E-state index in [-0.39, 0.29) is 11.7 Å². The van der Waals surface area contributed by atoms with Crippen LogP contribution in [-0.4, -0.2) is 33.5 Å². The molecular formula is C20H24N4O2S2. The van der Waals surface area contributed by atoms with Gasteiger partial charge in [-0.3, -0.25) is 4.79 Å². The Kier molecular flexibility index (Phi) is 6.74. The van der Waals surface area contributed by atoms with Gasteiger partial charge in [0.25, 0.3) is 0 Å². The second-order valence-electron chi connectivity index (χ2n) is 6.48. The number of thiophene rings is 1. The standard InChI is InChI=1S/C20H24N4O2S2/c1-5-24-19(14-10-17(13(2)3)27-11-14)22-23-20(24)28-12-18(25)21-15-8-6-7-9-16(15)26-4/h6-11,13H,5,12H2,1-4H3,(H,21,25). The summed E-state index contributed by atoms with van der Waals surface area (Å²) < 4.78 is 7.32. The van der Waals surface area contributed by atoms with Crippen LogP contribution >= 0.6 is 23.1 Å². The fraction of sp³-hybridized carbons (Fsp3) is 0.350. The van der Waals surface area contributed by atoms with E-state index in [1.54, 1.807) is 18.4 Å². The van der Waals surface area contributed by atoms with Gasteiger partial charge in [-0.05, 0) is 31.0 Å². The molecule has 2 aromatic heterocycles. The third-order valence-electron chi connectivity index (χ3n) is 4.19. The van der Waals surface area contributed by atoms with Crippen molar-refractivity contribution in [2.75, 3.05) is 18.2 Å². The molecule has 0 spiro atoms. The minimum Gasteiger partial charge on any atom is -0.495 e. The number of carbonyl (C=O) groups is 1. The van der Waals surface area contributed by atoms with Gasteiger partial charge in [-0.25, -0.2) is 0 Å². The number of methoxy groups -OCH3 is 1. The van der Waals surface area contributed by atoms with Gasteiger partial charge in [-0.15, -0.1) is 21.5 Å². The number of nitrogens with zero attached hydrogens (tertiary/aromatic N) is 3. The first kappa shape index (κ1) is 20.4. The summed E-state index contributed by atoms with van der Waals surface area (Å²) in [5.74, 6) is 2.11. The molecule has 0 saturated heterocycles. The smallest absolute Gasteiger partial charge is 0.234 e. The first-order valence-corrected chi connectivity index (χ1v) is 11.0. The summed E-state index contributed by atoms with van der Waals surface area (Å²) in [5, 5.41) is 14.4. The summed E-state index contributed by atoms with van der Waals surface area (Å²) in [5.41, 5.74) is 1.74. The summed E-state index contributed by atoms with van der Waals surface area (Å²) in [7, 11) is 1.58. The highest BCUT2D eigenvalue weighted by Gasteiger charge is 2.17. The van der Waals surface area contributed by atoms with Gasteiger partial charge in [-0.1, -0.05) is 37.7 Å². The van der Waals surface area contributed by atoms with E-state index in [1.807, 2.05) is 28.8 Å². The molecule has 1 amide bonds. The molecule has 0 aliphatic rings. The van der Waals surface area contributed by atoms with Crippen molar-refractivity contribution in [3.05, 3.63) is 40.6 Å². The number of hydrogen-bond acceptors (Lipinski definition) is 6. The quantitative estimate of drug-likeness (QED) is 0.530. The van der Waals surface area contributed by atoms with E-state index in [4.69, 9.17) is 4.74 Å². The lowest BCUT2D eigenvalue weighted by molar-refractivity contribution is -0.113. The minimum absolute atomic E-state index is 0.112. The van der Waals surface area contributed by atoms with Gasteiger partial charge in [0.2, 0.25) is 5.91 Å². The molecule has 0 atom stereocenters. The molecule has 1 aromatic carbocycles. The van der Waals surface area contributed by atoms with E-state index < -0.39 is 0 Å². The van der Waals surface area contributed by atoms with E-state index in [0.29, 0.717) is 17.4 Å². The third-order valence-corrected chi connectivity index (χ3v) is 6.39. The fourth-order valence-corrected chi connectivity index (χ4v) is 4.44. The lowest BCUT2D eigenvalue weighted by atomic mass is 10.1. The van der Waals surface area contributed by atoms with Crippen LogP contribution in [0.3, 0.4) is 0 Å². The van der Waals surface area contributed by atoms with Crippen LogP contribution in [0.2, 0.25) is 0 Å². The average Bonchev–Trinajstić information content (AvgIpc) is 3.33. The lowest BCUT2D eigenvalue weighted by Gasteiger charge is -2.10. The number of thioether (sulfide) groups is 1. The number of anilines is 1. The zero-order valence-electron chi connectivity index (χ0n) is 16.4. The Labute approximate surface area is 173 Å². The summed E-state index contributed by atoms with van der Waals surface area (Å²) >= 11 is 3.12. The van der Waals surface area contributed by atoms with Crippen LogP contribution in [0.1, 0.15) is 31.6 Å². The first-order chi connectivity index (χ1) is 13.5. The first-order valence-electron chi connectivity index (χ1n) is 9.11. The van der Waals surface area contributed by atoms with Crippen molar-refractivity contribution in [1.82, 2.24) is 14.8 Å². The number of para-hydroxylation sites is 2. The molecule has 0 fully saturated rings. The SMILES string of the molecule is CCn1c(SCC(=O)Nc2ccccc2OC)nnc1-c1csc(C(C)C)c1. The van der Waals surface area contributed by atoms with Crippen molar-refractivity contribution in [2.24, 2.45) is 0 Å². The Morgan fingerprint density at radius 3 is 2.79 bits per heavy atom. The van der Waals surface area contributed by atoms with Gasteiger partial charge in [0.05, 0.1) is 18.6 Å². The van der Waals surface area contributed by atoms with Gasteiger partial charge in [0, 0.05) is 22.4 Å². The molecule has 0 saturated carbocycles. The molecular weight excluding hydrogens is 392 g/mol. The number of carbonyl (C=O) groups excluding carboxylic acids is 1. The van der Waals surface area contributed by atoms with Gasteiger partial charge in [-0.2, -0.15) is 0 Å². The normalized spacial score (nSPS) is 11.0. The van der Waals surface area contributed by atoms with Crippen molar-refractivity contribution in [3.8, 4) is 17.1 Å². The third kappa shape index (κ3) is 4.56. The highest BCUT2D eigenvalue weighted by Crippen LogP contribution is 2.31. The predicted octanol–water partition coefficient (Wildman–Crippen LogP) is 4.89. The Morgan fingerprint density at radius 2 is 2.11 bits per heavy atom. The molecule has 28 heavy (non-hydrogen) atoms. The average molecular weight is 417 g/mol. The fourth-order valence-electron chi connectivity index (χ4n) is 2.73. The highest BCUT2D eigenvalue weighted by atomic mass is 32.2. The number of nitrogens with one attached hydrogen (secondary N) is 1. The molecule has 2 heterocycles. The molecule has 3 aromatic rings. The molecule has 8 heteroatoms. The monoisotopic (exact) mass is 416 g/mol. The molecule has 0 aliphatic heterocycles. The zero-order chi connectivity index (χ0) is 20.1. The second kappa shape index (κ2) is 9.25. The van der Waals surface area contributed by atoms with Crippen molar-refractivity contribution in [2.45, 2.75) is 38.4 Å². The molecule has 0 radical (unpaired) electrons. The molecule has 1 N–H and O–H groups in total. The Hall–Kier alpha value is -2.32. The Morgan fingerprint density at radius 1 is 1.32 bits per heavy atom. The number of benzene rings is 1. The number of hydrogen-bond donors (Lipinski definition) is 1. The highest BCUT2D eigenvalue weighted by molar-refractivity contribution is 7.99. The van der Waals surface area contributed by atoms with Crippen LogP contribution < -0.4 is 10.1 Å². The van der Waals surface area contributed by atoms with E-state index in [2.05, 4.69) is 47.7 Å². The van der Waals surface area contributed by atoms with Crippen molar-refractivity contribution in [3.63, 3.8) is 0 Å². The van der Waals surface area contributed by atoms with Crippen LogP contribution in [0.5, 0.6) is 5.75 Å². The van der Waals surface area contributed by atoms with E-state index >= 15 is 0 Å². The molecule has 0 unspecified atom stereocenters. The Bertz CT molecular complexity index is 949. The van der Waals surface area contributed by atoms with Crippen molar-refractivity contribution < 1.29 is 9.53 Å². The topological polar surface area (TPSA) is 69.0 Å². The number of aromatic nitrogens is 3. The van der Waals surface area contributed by atoms with Gasteiger partial charge in [0.1, 0.15) is 5.75 Å². The summed E-state index contributed by atoms with van der Waals surface area (Å²) in [6, 6.07) is 9.53. The molecule has 6 nitrogen and oxygen atoms in total. The largest absolute Gasteiger partial charge is 0.495 e. The number of rotatable bonds is 8. The maximum Gasteiger partial charge on any atom is 0.234 e. The van der Waals surface area contributed by atoms with Crippen LogP contribution in [0.15, 0.2) is 40.9 Å². The zero-order valence-corrected chi connectivity index (χ0v) is 18.1. The number of ether oxygens (including phenoxy) is 1. The van der Waals surface area contributed by atoms with Crippen LogP contribution in [-0.2, 0) is 11.3 Å². The number of amides is 1. The summed E-state index contributed by atoms with van der Waals surface area (Å²) in [6.07, 6.45) is 0. The maximum absolute atomic E-state index is 12.4. The molecule has 0 aliphatic carbocycles. The van der Waals surface area contributed by atoms with Crippen LogP contribution in [0.4, 0.5) is 5.69 Å². The summed E-state index contributed by atoms with van der Waals surface area (Å²) in [4.78, 5) is 13.7. The van der Waals surface area contributed by atoms with E-state index in [9.17, 15) is 4.79 Å². The van der Waals surface area contributed by atoms with Gasteiger partial charge < -0.3 is 14.6 Å². The molecule has 148 valence electrons. The Balaban J connectivity index is 1.69. The maximum atomic E-state index is 12.4. The second-order valence-corrected chi connectivity index (χ2v) is 8.37. The van der Waals surface area contributed by atoms with E-state index in [0.717, 1.165) is 23.1 Å². The van der Waals surface area contributed by atoms with E-state index in [1.165, 1.54) is 16.6 Å². The van der Waals surface area contributed by atoms with Crippen LogP contribution in [0, 0.1) is 0 Å². The van der Waals surface area contributed by atoms with Crippen LogP contribution in [0.25, 0.3) is 11.4 Å². The summed E-state index contributed by atoms with van der Waals surface area (Å²) in [6.45, 7) is 7.16. The lowest BCUT2D eigenvalue weighted by Crippen LogP contribution is -2.15.